The van der Waals surface area contributed by atoms with Gasteiger partial charge in [-0.1, -0.05) is 30.3 Å². The molecule has 4 nitrogen and oxygen atoms in total. The van der Waals surface area contributed by atoms with E-state index in [1.165, 1.54) is 12.3 Å². The number of rotatable bonds is 6. The van der Waals surface area contributed by atoms with Gasteiger partial charge in [0, 0.05) is 5.92 Å². The molecule has 26 heavy (non-hydrogen) atoms. The maximum Gasteiger partial charge on any atom is 0.422 e. The molecule has 1 heterocycles. The van der Waals surface area contributed by atoms with Crippen molar-refractivity contribution in [2.24, 2.45) is 5.92 Å². The molecule has 2 aromatic rings. The van der Waals surface area contributed by atoms with Crippen molar-refractivity contribution < 1.29 is 22.7 Å². The summed E-state index contributed by atoms with van der Waals surface area (Å²) < 4.78 is 41.0. The lowest BCUT2D eigenvalue weighted by molar-refractivity contribution is -0.153. The third-order valence-corrected chi connectivity index (χ3v) is 4.32. The number of halogens is 3. The standard InChI is InChI=1S/C19H19F3N2O2/c1-12(17-8-7-14(10-23-17)26-11-19(20,21)22)24-18(25)16-9-15(16)13-5-3-2-4-6-13/h2-8,10,12,15-16H,9,11H2,1H3,(H,24,25)/t12?,15-,16+/m1/s1. The van der Waals surface area contributed by atoms with Gasteiger partial charge in [0.1, 0.15) is 5.75 Å². The SMILES string of the molecule is CC(NC(=O)[C@H]1C[C@@H]1c1ccccc1)c1ccc(OCC(F)(F)F)cn1. The molecule has 3 rings (SSSR count). The van der Waals surface area contributed by atoms with Gasteiger partial charge in [-0.2, -0.15) is 13.2 Å². The van der Waals surface area contributed by atoms with Gasteiger partial charge >= 0.3 is 6.18 Å². The molecule has 1 saturated carbocycles. The van der Waals surface area contributed by atoms with Crippen LogP contribution in [0.2, 0.25) is 0 Å². The molecule has 7 heteroatoms. The zero-order valence-electron chi connectivity index (χ0n) is 14.2. The molecule has 0 bridgehead atoms. The van der Waals surface area contributed by atoms with Crippen LogP contribution in [0.15, 0.2) is 48.7 Å². The average Bonchev–Trinajstić information content (AvgIpc) is 3.41. The second kappa shape index (κ2) is 7.35. The van der Waals surface area contributed by atoms with Crippen molar-refractivity contribution in [1.29, 1.82) is 0 Å². The highest BCUT2D eigenvalue weighted by Crippen LogP contribution is 2.47. The van der Waals surface area contributed by atoms with Crippen molar-refractivity contribution in [3.63, 3.8) is 0 Å². The number of nitrogens with one attached hydrogen (secondary N) is 1. The minimum absolute atomic E-state index is 0.0365. The van der Waals surface area contributed by atoms with Crippen LogP contribution in [0, 0.1) is 5.92 Å². The first kappa shape index (κ1) is 18.2. The fraction of sp³-hybridized carbons (Fsp3) is 0.368. The molecule has 1 aromatic carbocycles. The summed E-state index contributed by atoms with van der Waals surface area (Å²) in [6.45, 7) is 0.430. The Morgan fingerprint density at radius 2 is 2.00 bits per heavy atom. The highest BCUT2D eigenvalue weighted by molar-refractivity contribution is 5.83. The van der Waals surface area contributed by atoms with E-state index in [0.29, 0.717) is 5.69 Å². The van der Waals surface area contributed by atoms with Crippen molar-refractivity contribution in [2.75, 3.05) is 6.61 Å². The van der Waals surface area contributed by atoms with Gasteiger partial charge < -0.3 is 10.1 Å². The summed E-state index contributed by atoms with van der Waals surface area (Å²) >= 11 is 0. The Morgan fingerprint density at radius 1 is 1.27 bits per heavy atom. The van der Waals surface area contributed by atoms with E-state index in [1.807, 2.05) is 30.3 Å². The van der Waals surface area contributed by atoms with Gasteiger partial charge in [-0.05, 0) is 37.0 Å². The number of ether oxygens (including phenoxy) is 1. The Bertz CT molecular complexity index is 748. The fourth-order valence-corrected chi connectivity index (χ4v) is 2.85. The lowest BCUT2D eigenvalue weighted by Gasteiger charge is -2.14. The van der Waals surface area contributed by atoms with E-state index in [0.717, 1.165) is 12.0 Å². The molecule has 1 fully saturated rings. The molecule has 1 aliphatic carbocycles. The number of carbonyl (C=O) groups is 1. The third kappa shape index (κ3) is 4.74. The number of benzene rings is 1. The van der Waals surface area contributed by atoms with Crippen LogP contribution in [-0.2, 0) is 4.79 Å². The molecule has 138 valence electrons. The summed E-state index contributed by atoms with van der Waals surface area (Å²) in [7, 11) is 0. The highest BCUT2D eigenvalue weighted by atomic mass is 19.4. The monoisotopic (exact) mass is 364 g/mol. The average molecular weight is 364 g/mol. The van der Waals surface area contributed by atoms with Gasteiger partial charge in [-0.25, -0.2) is 0 Å². The van der Waals surface area contributed by atoms with Gasteiger partial charge in [0.2, 0.25) is 5.91 Å². The zero-order valence-corrected chi connectivity index (χ0v) is 14.2. The largest absolute Gasteiger partial charge is 0.483 e. The second-order valence-electron chi connectivity index (χ2n) is 6.41. The van der Waals surface area contributed by atoms with Crippen molar-refractivity contribution in [2.45, 2.75) is 31.5 Å². The lowest BCUT2D eigenvalue weighted by atomic mass is 10.1. The van der Waals surface area contributed by atoms with Crippen LogP contribution < -0.4 is 10.1 Å². The van der Waals surface area contributed by atoms with Gasteiger partial charge in [-0.15, -0.1) is 0 Å². The highest BCUT2D eigenvalue weighted by Gasteiger charge is 2.44. The third-order valence-electron chi connectivity index (χ3n) is 4.32. The summed E-state index contributed by atoms with van der Waals surface area (Å²) in [4.78, 5) is 16.4. The molecule has 1 amide bonds. The van der Waals surface area contributed by atoms with Crippen LogP contribution in [0.4, 0.5) is 13.2 Å². The summed E-state index contributed by atoms with van der Waals surface area (Å²) in [5.41, 5.74) is 1.72. The Labute approximate surface area is 149 Å². The molecule has 0 aliphatic heterocycles. The number of carbonyl (C=O) groups excluding carboxylic acids is 1. The maximum atomic E-state index is 12.4. The molecule has 0 radical (unpaired) electrons. The van der Waals surface area contributed by atoms with Crippen LogP contribution in [0.25, 0.3) is 0 Å². The minimum Gasteiger partial charge on any atom is -0.483 e. The van der Waals surface area contributed by atoms with Crippen molar-refractivity contribution in [3.05, 3.63) is 59.9 Å². The molecule has 1 N–H and O–H groups in total. The molecule has 1 aliphatic rings. The molecular formula is C19H19F3N2O2. The number of alkyl halides is 3. The van der Waals surface area contributed by atoms with Crippen LogP contribution in [0.3, 0.4) is 0 Å². The van der Waals surface area contributed by atoms with Crippen LogP contribution in [0.1, 0.15) is 36.6 Å². The molecule has 1 aromatic heterocycles. The molecule has 1 unspecified atom stereocenters. The van der Waals surface area contributed by atoms with E-state index in [1.54, 1.807) is 13.0 Å². The zero-order chi connectivity index (χ0) is 18.7. The number of pyridine rings is 1. The first-order valence-corrected chi connectivity index (χ1v) is 8.34. The summed E-state index contributed by atoms with van der Waals surface area (Å²) in [6.07, 6.45) is -2.34. The molecule has 0 saturated heterocycles. The van der Waals surface area contributed by atoms with E-state index >= 15 is 0 Å². The van der Waals surface area contributed by atoms with Gasteiger partial charge in [0.05, 0.1) is 17.9 Å². The van der Waals surface area contributed by atoms with E-state index in [4.69, 9.17) is 0 Å². The Hall–Kier alpha value is -2.57. The second-order valence-corrected chi connectivity index (χ2v) is 6.41. The Balaban J connectivity index is 1.52. The number of nitrogens with zero attached hydrogens (tertiary/aromatic N) is 1. The summed E-state index contributed by atoms with van der Waals surface area (Å²) in [6, 6.07) is 12.5. The van der Waals surface area contributed by atoms with Gasteiger partial charge in [0.25, 0.3) is 0 Å². The number of aromatic nitrogens is 1. The fourth-order valence-electron chi connectivity index (χ4n) is 2.85. The normalized spacial score (nSPS) is 20.3. The minimum atomic E-state index is -4.39. The smallest absolute Gasteiger partial charge is 0.422 e. The van der Waals surface area contributed by atoms with Crippen molar-refractivity contribution in [1.82, 2.24) is 10.3 Å². The molecule has 3 atom stereocenters. The maximum absolute atomic E-state index is 12.4. The number of hydrogen-bond donors (Lipinski definition) is 1. The van der Waals surface area contributed by atoms with Crippen molar-refractivity contribution in [3.8, 4) is 5.75 Å². The predicted molar refractivity (Wildman–Crippen MR) is 89.6 cm³/mol. The van der Waals surface area contributed by atoms with E-state index in [9.17, 15) is 18.0 Å². The Kier molecular flexibility index (Phi) is 5.15. The first-order valence-electron chi connectivity index (χ1n) is 8.34. The van der Waals surface area contributed by atoms with E-state index < -0.39 is 12.8 Å². The quantitative estimate of drug-likeness (QED) is 0.843. The van der Waals surface area contributed by atoms with Crippen LogP contribution in [0.5, 0.6) is 5.75 Å². The van der Waals surface area contributed by atoms with Crippen molar-refractivity contribution >= 4 is 5.91 Å². The topological polar surface area (TPSA) is 51.2 Å². The van der Waals surface area contributed by atoms with Crippen LogP contribution in [-0.4, -0.2) is 23.7 Å². The Morgan fingerprint density at radius 3 is 2.62 bits per heavy atom. The van der Waals surface area contributed by atoms with E-state index in [-0.39, 0.29) is 29.5 Å². The summed E-state index contributed by atoms with van der Waals surface area (Å²) in [5, 5.41) is 2.91. The summed E-state index contributed by atoms with van der Waals surface area (Å²) in [5.74, 6) is 0.199. The van der Waals surface area contributed by atoms with Gasteiger partial charge in [0.15, 0.2) is 6.61 Å². The molecular weight excluding hydrogens is 345 g/mol. The lowest BCUT2D eigenvalue weighted by Crippen LogP contribution is -2.29. The van der Waals surface area contributed by atoms with Gasteiger partial charge in [-0.3, -0.25) is 9.78 Å². The number of amides is 1. The first-order chi connectivity index (χ1) is 12.3. The molecule has 0 spiro atoms. The number of hydrogen-bond acceptors (Lipinski definition) is 3. The van der Waals surface area contributed by atoms with Crippen LogP contribution >= 0.6 is 0 Å². The predicted octanol–water partition coefficient (Wildman–Crippen LogP) is 4.00. The van der Waals surface area contributed by atoms with E-state index in [2.05, 4.69) is 15.0 Å².